The molecule has 2 aromatic rings. The minimum absolute atomic E-state index is 0.252. The van der Waals surface area contributed by atoms with Crippen LogP contribution in [-0.4, -0.2) is 21.0 Å². The first-order valence-corrected chi connectivity index (χ1v) is 5.61. The van der Waals surface area contributed by atoms with Gasteiger partial charge < -0.3 is 5.32 Å². The fraction of sp³-hybridized carbons (Fsp3) is 0.308. The Balaban J connectivity index is 2.22. The summed E-state index contributed by atoms with van der Waals surface area (Å²) in [5.41, 5.74) is 1.44. The molecule has 0 radical (unpaired) electrons. The Morgan fingerprint density at radius 3 is 2.94 bits per heavy atom. The van der Waals surface area contributed by atoms with Crippen LogP contribution in [0.4, 0.5) is 5.82 Å². The van der Waals surface area contributed by atoms with Crippen molar-refractivity contribution in [3.63, 3.8) is 0 Å². The predicted molar refractivity (Wildman–Crippen MR) is 68.5 cm³/mol. The van der Waals surface area contributed by atoms with Gasteiger partial charge in [-0.1, -0.05) is 6.92 Å². The Labute approximate surface area is 101 Å². The van der Waals surface area contributed by atoms with Gasteiger partial charge in [-0.2, -0.15) is 0 Å². The van der Waals surface area contributed by atoms with E-state index in [0.29, 0.717) is 12.1 Å². The zero-order valence-corrected chi connectivity index (χ0v) is 9.72. The molecule has 0 spiro atoms. The van der Waals surface area contributed by atoms with E-state index in [1.165, 1.54) is 0 Å². The van der Waals surface area contributed by atoms with Gasteiger partial charge in [-0.25, -0.2) is 9.97 Å². The highest BCUT2D eigenvalue weighted by atomic mass is 15.0. The molecule has 4 nitrogen and oxygen atoms in total. The average Bonchev–Trinajstić information content (AvgIpc) is 2.38. The highest BCUT2D eigenvalue weighted by molar-refractivity contribution is 5.71. The average molecular weight is 226 g/mol. The molecule has 0 saturated heterocycles. The fourth-order valence-corrected chi connectivity index (χ4v) is 1.58. The van der Waals surface area contributed by atoms with Crippen LogP contribution in [-0.2, 0) is 0 Å². The zero-order valence-electron chi connectivity index (χ0n) is 9.72. The van der Waals surface area contributed by atoms with E-state index < -0.39 is 0 Å². The van der Waals surface area contributed by atoms with E-state index >= 15 is 0 Å². The number of fused-ring (bicyclic) bond motifs is 1. The summed E-state index contributed by atoms with van der Waals surface area (Å²) in [7, 11) is 0. The first kappa shape index (κ1) is 11.3. The normalized spacial score (nSPS) is 12.0. The van der Waals surface area contributed by atoms with Gasteiger partial charge in [0.15, 0.2) is 5.65 Å². The Kier molecular flexibility index (Phi) is 3.51. The highest BCUT2D eigenvalue weighted by Gasteiger charge is 2.06. The van der Waals surface area contributed by atoms with Crippen LogP contribution < -0.4 is 5.32 Å². The zero-order chi connectivity index (χ0) is 12.1. The summed E-state index contributed by atoms with van der Waals surface area (Å²) in [6.45, 7) is 2.09. The number of anilines is 1. The molecule has 2 aromatic heterocycles. The molecule has 0 amide bonds. The third-order valence-corrected chi connectivity index (χ3v) is 2.54. The fourth-order valence-electron chi connectivity index (χ4n) is 1.58. The smallest absolute Gasteiger partial charge is 0.180 e. The molecule has 0 aliphatic rings. The Bertz CT molecular complexity index is 544. The number of aromatic nitrogens is 3. The number of hydrogen-bond donors (Lipinski definition) is 1. The van der Waals surface area contributed by atoms with E-state index in [2.05, 4.69) is 33.1 Å². The van der Waals surface area contributed by atoms with Crippen LogP contribution in [0.1, 0.15) is 19.8 Å². The first-order chi connectivity index (χ1) is 8.33. The summed E-state index contributed by atoms with van der Waals surface area (Å²) in [6.07, 6.45) is 10.3. The van der Waals surface area contributed by atoms with E-state index in [0.717, 1.165) is 17.8 Å². The number of terminal acetylenes is 1. The van der Waals surface area contributed by atoms with Gasteiger partial charge in [0, 0.05) is 24.9 Å². The molecule has 86 valence electrons. The number of pyridine rings is 1. The molecule has 0 aromatic carbocycles. The molecule has 17 heavy (non-hydrogen) atoms. The lowest BCUT2D eigenvalue weighted by Gasteiger charge is -2.14. The molecule has 0 bridgehead atoms. The Morgan fingerprint density at radius 2 is 2.18 bits per heavy atom. The van der Waals surface area contributed by atoms with E-state index in [4.69, 9.17) is 6.42 Å². The van der Waals surface area contributed by atoms with Crippen molar-refractivity contribution in [2.24, 2.45) is 0 Å². The Hall–Kier alpha value is -2.15. The first-order valence-electron chi connectivity index (χ1n) is 5.61. The van der Waals surface area contributed by atoms with Gasteiger partial charge in [0.2, 0.25) is 0 Å². The molecule has 1 N–H and O–H groups in total. The van der Waals surface area contributed by atoms with Crippen LogP contribution in [0, 0.1) is 12.3 Å². The molecule has 0 aliphatic carbocycles. The van der Waals surface area contributed by atoms with Gasteiger partial charge >= 0.3 is 0 Å². The molecule has 1 atom stereocenters. The maximum atomic E-state index is 5.32. The lowest BCUT2D eigenvalue weighted by molar-refractivity contribution is 0.712. The van der Waals surface area contributed by atoms with Crippen LogP contribution in [0.2, 0.25) is 0 Å². The quantitative estimate of drug-likeness (QED) is 0.812. The maximum Gasteiger partial charge on any atom is 0.180 e. The molecule has 0 aliphatic heterocycles. The number of hydrogen-bond acceptors (Lipinski definition) is 4. The van der Waals surface area contributed by atoms with E-state index in [1.54, 1.807) is 12.4 Å². The van der Waals surface area contributed by atoms with Crippen LogP contribution in [0.25, 0.3) is 11.2 Å². The van der Waals surface area contributed by atoms with Crippen LogP contribution >= 0.6 is 0 Å². The summed E-state index contributed by atoms with van der Waals surface area (Å²) >= 11 is 0. The highest BCUT2D eigenvalue weighted by Crippen LogP contribution is 2.12. The standard InChI is InChI=1S/C13H14N4/c1-3-5-10(4-2)16-12-7-6-11-13(17-12)15-9-8-14-11/h1,6-10H,4-5H2,2H3,(H,15,16,17). The largest absolute Gasteiger partial charge is 0.366 e. The van der Waals surface area contributed by atoms with Crippen molar-refractivity contribution < 1.29 is 0 Å². The second-order valence-electron chi connectivity index (χ2n) is 3.75. The summed E-state index contributed by atoms with van der Waals surface area (Å²) < 4.78 is 0. The van der Waals surface area contributed by atoms with E-state index in [1.807, 2.05) is 12.1 Å². The van der Waals surface area contributed by atoms with Crippen LogP contribution in [0.3, 0.4) is 0 Å². The van der Waals surface area contributed by atoms with E-state index in [-0.39, 0.29) is 6.04 Å². The number of nitrogens with zero attached hydrogens (tertiary/aromatic N) is 3. The number of nitrogens with one attached hydrogen (secondary N) is 1. The van der Waals surface area contributed by atoms with Crippen molar-refractivity contribution in [1.29, 1.82) is 0 Å². The Morgan fingerprint density at radius 1 is 1.35 bits per heavy atom. The summed E-state index contributed by atoms with van der Waals surface area (Å²) in [4.78, 5) is 12.7. The second kappa shape index (κ2) is 5.26. The van der Waals surface area contributed by atoms with Crippen molar-refractivity contribution >= 4 is 17.0 Å². The van der Waals surface area contributed by atoms with Crippen molar-refractivity contribution in [3.8, 4) is 12.3 Å². The lowest BCUT2D eigenvalue weighted by Crippen LogP contribution is -2.18. The monoisotopic (exact) mass is 226 g/mol. The molecule has 1 unspecified atom stereocenters. The van der Waals surface area contributed by atoms with Gasteiger partial charge in [-0.3, -0.25) is 4.98 Å². The molecule has 4 heteroatoms. The van der Waals surface area contributed by atoms with Crippen molar-refractivity contribution in [1.82, 2.24) is 15.0 Å². The van der Waals surface area contributed by atoms with E-state index in [9.17, 15) is 0 Å². The third kappa shape index (κ3) is 2.70. The van der Waals surface area contributed by atoms with Gasteiger partial charge in [0.05, 0.1) is 0 Å². The molecular formula is C13H14N4. The van der Waals surface area contributed by atoms with Gasteiger partial charge in [0.25, 0.3) is 0 Å². The number of rotatable bonds is 4. The van der Waals surface area contributed by atoms with Crippen molar-refractivity contribution in [2.45, 2.75) is 25.8 Å². The second-order valence-corrected chi connectivity index (χ2v) is 3.75. The molecule has 2 heterocycles. The van der Waals surface area contributed by atoms with Gasteiger partial charge in [-0.05, 0) is 18.6 Å². The predicted octanol–water partition coefficient (Wildman–Crippen LogP) is 2.24. The van der Waals surface area contributed by atoms with Crippen molar-refractivity contribution in [2.75, 3.05) is 5.32 Å². The topological polar surface area (TPSA) is 50.7 Å². The van der Waals surface area contributed by atoms with Gasteiger partial charge in [-0.15, -0.1) is 12.3 Å². The summed E-state index contributed by atoms with van der Waals surface area (Å²) in [5, 5.41) is 3.30. The van der Waals surface area contributed by atoms with Crippen molar-refractivity contribution in [3.05, 3.63) is 24.5 Å². The lowest BCUT2D eigenvalue weighted by atomic mass is 10.1. The molecule has 2 rings (SSSR count). The maximum absolute atomic E-state index is 5.32. The SMILES string of the molecule is C#CCC(CC)Nc1ccc2nccnc2n1. The van der Waals surface area contributed by atoms with Crippen LogP contribution in [0.15, 0.2) is 24.5 Å². The molecular weight excluding hydrogens is 212 g/mol. The summed E-state index contributed by atoms with van der Waals surface area (Å²) in [6, 6.07) is 4.05. The molecule has 0 fully saturated rings. The van der Waals surface area contributed by atoms with Crippen LogP contribution in [0.5, 0.6) is 0 Å². The minimum Gasteiger partial charge on any atom is -0.366 e. The molecule has 0 saturated carbocycles. The third-order valence-electron chi connectivity index (χ3n) is 2.54. The van der Waals surface area contributed by atoms with Gasteiger partial charge in [0.1, 0.15) is 11.3 Å². The minimum atomic E-state index is 0.252. The summed E-state index contributed by atoms with van der Waals surface area (Å²) in [5.74, 6) is 3.45.